The smallest absolute Gasteiger partial charge is 0.355 e. The zero-order chi connectivity index (χ0) is 20.3. The Kier molecular flexibility index (Phi) is 3.99. The quantitative estimate of drug-likeness (QED) is 0.722. The number of halogens is 3. The van der Waals surface area contributed by atoms with E-state index < -0.39 is 41.4 Å². The molecule has 1 spiro atoms. The van der Waals surface area contributed by atoms with Crippen LogP contribution in [0.25, 0.3) is 0 Å². The van der Waals surface area contributed by atoms with Crippen molar-refractivity contribution < 1.29 is 27.6 Å². The lowest BCUT2D eigenvalue weighted by Crippen LogP contribution is -2.63. The van der Waals surface area contributed by atoms with Crippen molar-refractivity contribution in [2.45, 2.75) is 43.9 Å². The van der Waals surface area contributed by atoms with Gasteiger partial charge in [0.1, 0.15) is 17.7 Å². The van der Waals surface area contributed by atoms with Crippen LogP contribution in [0.5, 0.6) is 0 Å². The number of imidazole rings is 1. The second-order valence-electron chi connectivity index (χ2n) is 7.99. The van der Waals surface area contributed by atoms with Gasteiger partial charge in [-0.25, -0.2) is 4.98 Å². The first-order valence-electron chi connectivity index (χ1n) is 9.02. The van der Waals surface area contributed by atoms with E-state index in [4.69, 9.17) is 0 Å². The fraction of sp³-hybridized carbons (Fsp3) is 0.647. The summed E-state index contributed by atoms with van der Waals surface area (Å²) in [6.45, 7) is 2.29. The molecule has 3 amide bonds. The average Bonchev–Trinajstić information content (AvgIpc) is 3.21. The second-order valence-corrected chi connectivity index (χ2v) is 7.99. The summed E-state index contributed by atoms with van der Waals surface area (Å²) in [4.78, 5) is 42.0. The van der Waals surface area contributed by atoms with Crippen LogP contribution in [0.2, 0.25) is 0 Å². The molecule has 0 aliphatic carbocycles. The van der Waals surface area contributed by atoms with E-state index in [2.05, 4.69) is 15.6 Å². The number of hydrogen-bond acceptors (Lipinski definition) is 4. The molecule has 1 aromatic rings. The van der Waals surface area contributed by atoms with Crippen molar-refractivity contribution in [2.75, 3.05) is 19.6 Å². The number of fused-ring (bicyclic) bond motifs is 2. The number of amides is 3. The molecule has 0 bridgehead atoms. The van der Waals surface area contributed by atoms with Gasteiger partial charge in [-0.2, -0.15) is 13.2 Å². The van der Waals surface area contributed by atoms with Gasteiger partial charge in [-0.05, 0) is 13.3 Å². The summed E-state index contributed by atoms with van der Waals surface area (Å²) < 4.78 is 39.2. The highest BCUT2D eigenvalue weighted by atomic mass is 19.4. The molecule has 2 fully saturated rings. The molecule has 2 saturated heterocycles. The van der Waals surface area contributed by atoms with Crippen LogP contribution in [0.4, 0.5) is 13.2 Å². The molecular weight excluding hydrogens is 379 g/mol. The highest BCUT2D eigenvalue weighted by Crippen LogP contribution is 2.45. The van der Waals surface area contributed by atoms with Gasteiger partial charge in [0, 0.05) is 38.4 Å². The van der Waals surface area contributed by atoms with Gasteiger partial charge < -0.3 is 20.1 Å². The fourth-order valence-electron chi connectivity index (χ4n) is 4.33. The topological polar surface area (TPSA) is 96.3 Å². The van der Waals surface area contributed by atoms with Crippen LogP contribution in [0.1, 0.15) is 38.1 Å². The molecule has 8 nitrogen and oxygen atoms in total. The van der Waals surface area contributed by atoms with Crippen LogP contribution in [0.3, 0.4) is 0 Å². The molecule has 0 radical (unpaired) electrons. The van der Waals surface area contributed by atoms with E-state index in [0.717, 1.165) is 0 Å². The Balaban J connectivity index is 1.46. The van der Waals surface area contributed by atoms with Gasteiger partial charge in [0.25, 0.3) is 0 Å². The van der Waals surface area contributed by atoms with E-state index in [-0.39, 0.29) is 19.0 Å². The van der Waals surface area contributed by atoms with Gasteiger partial charge in [0.2, 0.25) is 17.7 Å². The number of hydrogen-bond donors (Lipinski definition) is 2. The SMILES string of the molecule is CC1(C(=O)NC2CC3(CN(C(=O)CC(F)(F)F)C3)n3ccnc32)CCNC1=O. The number of carbonyl (C=O) groups is 3. The van der Waals surface area contributed by atoms with Crippen LogP contribution < -0.4 is 10.6 Å². The number of nitrogens with one attached hydrogen (secondary N) is 2. The maximum Gasteiger partial charge on any atom is 0.397 e. The lowest BCUT2D eigenvalue weighted by atomic mass is 9.84. The summed E-state index contributed by atoms with van der Waals surface area (Å²) in [5.74, 6) is -1.10. The van der Waals surface area contributed by atoms with E-state index in [0.29, 0.717) is 25.2 Å². The first-order valence-corrected chi connectivity index (χ1v) is 9.02. The summed E-state index contributed by atoms with van der Waals surface area (Å²) in [5, 5.41) is 5.52. The summed E-state index contributed by atoms with van der Waals surface area (Å²) in [7, 11) is 0. The third-order valence-corrected chi connectivity index (χ3v) is 5.97. The van der Waals surface area contributed by atoms with Crippen molar-refractivity contribution in [3.05, 3.63) is 18.2 Å². The van der Waals surface area contributed by atoms with Crippen molar-refractivity contribution in [2.24, 2.45) is 5.41 Å². The average molecular weight is 399 g/mol. The number of alkyl halides is 3. The molecular formula is C17H20F3N5O3. The largest absolute Gasteiger partial charge is 0.397 e. The first kappa shape index (κ1) is 18.8. The molecule has 1 aromatic heterocycles. The molecule has 2 atom stereocenters. The lowest BCUT2D eigenvalue weighted by molar-refractivity contribution is -0.169. The number of aromatic nitrogens is 2. The highest BCUT2D eigenvalue weighted by Gasteiger charge is 2.55. The number of rotatable bonds is 3. The molecule has 3 aliphatic rings. The van der Waals surface area contributed by atoms with Crippen LogP contribution in [0, 0.1) is 5.41 Å². The molecule has 0 aromatic carbocycles. The molecule has 4 heterocycles. The highest BCUT2D eigenvalue weighted by molar-refractivity contribution is 6.06. The molecule has 2 unspecified atom stereocenters. The monoisotopic (exact) mass is 399 g/mol. The van der Waals surface area contributed by atoms with Crippen molar-refractivity contribution in [3.8, 4) is 0 Å². The van der Waals surface area contributed by atoms with Crippen molar-refractivity contribution in [1.29, 1.82) is 0 Å². The summed E-state index contributed by atoms with van der Waals surface area (Å²) in [5.41, 5.74) is -1.73. The van der Waals surface area contributed by atoms with Crippen molar-refractivity contribution in [3.63, 3.8) is 0 Å². The predicted octanol–water partition coefficient (Wildman–Crippen LogP) is 0.460. The molecule has 4 rings (SSSR count). The van der Waals surface area contributed by atoms with Crippen molar-refractivity contribution >= 4 is 17.7 Å². The molecule has 11 heteroatoms. The Labute approximate surface area is 158 Å². The Morgan fingerprint density at radius 2 is 2.11 bits per heavy atom. The van der Waals surface area contributed by atoms with Crippen molar-refractivity contribution in [1.82, 2.24) is 25.1 Å². The minimum atomic E-state index is -4.54. The maximum absolute atomic E-state index is 12.7. The Morgan fingerprint density at radius 1 is 1.39 bits per heavy atom. The van der Waals surface area contributed by atoms with Gasteiger partial charge in [0.15, 0.2) is 0 Å². The minimum Gasteiger partial charge on any atom is -0.355 e. The van der Waals surface area contributed by atoms with Gasteiger partial charge in [-0.1, -0.05) is 0 Å². The summed E-state index contributed by atoms with van der Waals surface area (Å²) in [6.07, 6.45) is -1.95. The van der Waals surface area contributed by atoms with Gasteiger partial charge in [-0.15, -0.1) is 0 Å². The first-order chi connectivity index (χ1) is 13.0. The number of likely N-dealkylation sites (tertiary alicyclic amines) is 1. The van der Waals surface area contributed by atoms with E-state index in [1.54, 1.807) is 19.3 Å². The van der Waals surface area contributed by atoms with E-state index in [9.17, 15) is 27.6 Å². The van der Waals surface area contributed by atoms with Crippen LogP contribution in [0.15, 0.2) is 12.4 Å². The Hall–Kier alpha value is -2.59. The molecule has 152 valence electrons. The molecule has 28 heavy (non-hydrogen) atoms. The molecule has 3 aliphatic heterocycles. The minimum absolute atomic E-state index is 0.134. The predicted molar refractivity (Wildman–Crippen MR) is 88.7 cm³/mol. The van der Waals surface area contributed by atoms with E-state index in [1.165, 1.54) is 4.90 Å². The van der Waals surface area contributed by atoms with Crippen LogP contribution in [-0.4, -0.2) is 58.0 Å². The zero-order valence-electron chi connectivity index (χ0n) is 15.2. The Morgan fingerprint density at radius 3 is 2.71 bits per heavy atom. The van der Waals surface area contributed by atoms with Crippen LogP contribution >= 0.6 is 0 Å². The fourth-order valence-corrected chi connectivity index (χ4v) is 4.33. The lowest BCUT2D eigenvalue weighted by Gasteiger charge is -2.49. The van der Waals surface area contributed by atoms with E-state index in [1.807, 2.05) is 4.57 Å². The number of nitrogens with zero attached hydrogens (tertiary/aromatic N) is 3. The molecule has 2 N–H and O–H groups in total. The second kappa shape index (κ2) is 5.95. The maximum atomic E-state index is 12.7. The Bertz CT molecular complexity index is 845. The van der Waals surface area contributed by atoms with Crippen LogP contribution in [-0.2, 0) is 19.9 Å². The van der Waals surface area contributed by atoms with Gasteiger partial charge in [-0.3, -0.25) is 14.4 Å². The van der Waals surface area contributed by atoms with E-state index >= 15 is 0 Å². The third-order valence-electron chi connectivity index (χ3n) is 5.97. The summed E-state index contributed by atoms with van der Waals surface area (Å²) >= 11 is 0. The normalized spacial score (nSPS) is 28.1. The summed E-state index contributed by atoms with van der Waals surface area (Å²) in [6, 6.07) is -0.465. The standard InChI is InChI=1S/C17H20F3N5O3/c1-15(2-3-22-13(15)27)14(28)23-10-6-16(25-5-4-21-12(10)25)8-24(9-16)11(26)7-17(18,19)20/h4-5,10H,2-3,6-9H2,1H3,(H,22,27)(H,23,28). The van der Waals surface area contributed by atoms with Gasteiger partial charge in [0.05, 0.1) is 11.6 Å². The molecule has 0 saturated carbocycles. The zero-order valence-corrected chi connectivity index (χ0v) is 15.2. The number of carbonyl (C=O) groups excluding carboxylic acids is 3. The van der Waals surface area contributed by atoms with Gasteiger partial charge >= 0.3 is 6.18 Å². The third kappa shape index (κ3) is 2.83.